The molecular weight excluding hydrogens is 340 g/mol. The highest BCUT2D eigenvalue weighted by atomic mass is 127. The third-order valence-corrected chi connectivity index (χ3v) is 3.32. The number of aliphatic hydroxyl groups is 1. The van der Waals surface area contributed by atoms with Crippen LogP contribution < -0.4 is 5.32 Å². The molecule has 0 bridgehead atoms. The zero-order valence-electron chi connectivity index (χ0n) is 8.84. The number of halogens is 2. The molecule has 0 saturated carbocycles. The van der Waals surface area contributed by atoms with Crippen molar-refractivity contribution in [2.75, 3.05) is 6.54 Å². The first-order chi connectivity index (χ1) is 7.54. The molecule has 0 aromatic heterocycles. The van der Waals surface area contributed by atoms with Gasteiger partial charge in [-0.3, -0.25) is 4.79 Å². The van der Waals surface area contributed by atoms with E-state index in [2.05, 4.69) is 27.9 Å². The largest absolute Gasteiger partial charge is 0.391 e. The predicted octanol–water partition coefficient (Wildman–Crippen LogP) is 2.45. The molecule has 1 rings (SSSR count). The molecule has 0 saturated heterocycles. The van der Waals surface area contributed by atoms with Crippen LogP contribution in [0, 0.1) is 3.57 Å². The van der Waals surface area contributed by atoms with Gasteiger partial charge in [-0.1, -0.05) is 18.5 Å². The number of amides is 1. The summed E-state index contributed by atoms with van der Waals surface area (Å²) in [4.78, 5) is 11.8. The van der Waals surface area contributed by atoms with Gasteiger partial charge in [0.15, 0.2) is 0 Å². The molecule has 2 N–H and O–H groups in total. The highest BCUT2D eigenvalue weighted by molar-refractivity contribution is 14.1. The van der Waals surface area contributed by atoms with Crippen molar-refractivity contribution in [3.8, 4) is 0 Å². The molecule has 0 radical (unpaired) electrons. The van der Waals surface area contributed by atoms with Gasteiger partial charge < -0.3 is 10.4 Å². The van der Waals surface area contributed by atoms with Crippen LogP contribution in [0.4, 0.5) is 0 Å². The fraction of sp³-hybridized carbons (Fsp3) is 0.364. The van der Waals surface area contributed by atoms with Crippen molar-refractivity contribution in [2.45, 2.75) is 19.4 Å². The Morgan fingerprint density at radius 2 is 2.31 bits per heavy atom. The van der Waals surface area contributed by atoms with Crippen molar-refractivity contribution in [3.63, 3.8) is 0 Å². The van der Waals surface area contributed by atoms with Crippen LogP contribution in [0.5, 0.6) is 0 Å². The smallest absolute Gasteiger partial charge is 0.252 e. The molecule has 0 aliphatic heterocycles. The minimum absolute atomic E-state index is 0.209. The average molecular weight is 354 g/mol. The van der Waals surface area contributed by atoms with E-state index in [0.29, 0.717) is 17.0 Å². The van der Waals surface area contributed by atoms with Crippen molar-refractivity contribution in [1.29, 1.82) is 0 Å². The molecule has 1 unspecified atom stereocenters. The lowest BCUT2D eigenvalue weighted by atomic mass is 10.2. The quantitative estimate of drug-likeness (QED) is 0.817. The second kappa shape index (κ2) is 6.42. The minimum Gasteiger partial charge on any atom is -0.391 e. The Morgan fingerprint density at radius 3 is 2.94 bits per heavy atom. The SMILES string of the molecule is CCC(O)CNC(=O)c1cc(Cl)ccc1I. The number of benzene rings is 1. The van der Waals surface area contributed by atoms with Crippen LogP contribution in [0.3, 0.4) is 0 Å². The van der Waals surface area contributed by atoms with Crippen molar-refractivity contribution < 1.29 is 9.90 Å². The van der Waals surface area contributed by atoms with Gasteiger partial charge in [0.2, 0.25) is 0 Å². The van der Waals surface area contributed by atoms with Crippen molar-refractivity contribution in [1.82, 2.24) is 5.32 Å². The Morgan fingerprint density at radius 1 is 1.62 bits per heavy atom. The highest BCUT2D eigenvalue weighted by Crippen LogP contribution is 2.17. The first kappa shape index (κ1) is 13.7. The van der Waals surface area contributed by atoms with Crippen LogP contribution in [0.2, 0.25) is 5.02 Å². The van der Waals surface area contributed by atoms with Gasteiger partial charge in [-0.25, -0.2) is 0 Å². The van der Waals surface area contributed by atoms with Crippen LogP contribution >= 0.6 is 34.2 Å². The number of nitrogens with one attached hydrogen (secondary N) is 1. The van der Waals surface area contributed by atoms with Crippen LogP contribution in [-0.2, 0) is 0 Å². The van der Waals surface area contributed by atoms with Gasteiger partial charge in [-0.05, 0) is 47.2 Å². The highest BCUT2D eigenvalue weighted by Gasteiger charge is 2.11. The second-order valence-electron chi connectivity index (χ2n) is 3.40. The van der Waals surface area contributed by atoms with Gasteiger partial charge in [-0.2, -0.15) is 0 Å². The van der Waals surface area contributed by atoms with E-state index >= 15 is 0 Å². The van der Waals surface area contributed by atoms with Crippen LogP contribution in [0.15, 0.2) is 18.2 Å². The number of rotatable bonds is 4. The van der Waals surface area contributed by atoms with Gasteiger partial charge in [0.25, 0.3) is 5.91 Å². The molecule has 1 amide bonds. The number of carbonyl (C=O) groups excluding carboxylic acids is 1. The van der Waals surface area contributed by atoms with Gasteiger partial charge in [0, 0.05) is 15.1 Å². The molecule has 88 valence electrons. The molecule has 0 aliphatic carbocycles. The molecule has 16 heavy (non-hydrogen) atoms. The molecule has 0 heterocycles. The Balaban J connectivity index is 2.69. The third kappa shape index (κ3) is 3.92. The summed E-state index contributed by atoms with van der Waals surface area (Å²) >= 11 is 7.89. The lowest BCUT2D eigenvalue weighted by molar-refractivity contribution is 0.0913. The number of aliphatic hydroxyl groups excluding tert-OH is 1. The molecule has 1 aromatic carbocycles. The van der Waals surface area contributed by atoms with Crippen LogP contribution in [0.25, 0.3) is 0 Å². The Hall–Kier alpha value is -0.330. The van der Waals surface area contributed by atoms with Crippen molar-refractivity contribution in [3.05, 3.63) is 32.4 Å². The number of hydrogen-bond donors (Lipinski definition) is 2. The first-order valence-corrected chi connectivity index (χ1v) is 6.41. The van der Waals surface area contributed by atoms with E-state index in [0.717, 1.165) is 3.57 Å². The van der Waals surface area contributed by atoms with E-state index in [4.69, 9.17) is 11.6 Å². The topological polar surface area (TPSA) is 49.3 Å². The Bertz CT molecular complexity index is 384. The molecule has 3 nitrogen and oxygen atoms in total. The maximum absolute atomic E-state index is 11.8. The molecule has 0 fully saturated rings. The third-order valence-electron chi connectivity index (χ3n) is 2.14. The summed E-state index contributed by atoms with van der Waals surface area (Å²) in [7, 11) is 0. The van der Waals surface area contributed by atoms with Crippen molar-refractivity contribution >= 4 is 40.1 Å². The second-order valence-corrected chi connectivity index (χ2v) is 4.99. The lowest BCUT2D eigenvalue weighted by Gasteiger charge is -2.10. The standard InChI is InChI=1S/C11H13ClINO2/c1-2-8(15)6-14-11(16)9-5-7(12)3-4-10(9)13/h3-5,8,15H,2,6H2,1H3,(H,14,16). The summed E-state index contributed by atoms with van der Waals surface area (Å²) in [5.41, 5.74) is 0.538. The zero-order chi connectivity index (χ0) is 12.1. The molecule has 0 spiro atoms. The summed E-state index contributed by atoms with van der Waals surface area (Å²) in [6.45, 7) is 2.12. The summed E-state index contributed by atoms with van der Waals surface area (Å²) in [5.74, 6) is -0.209. The van der Waals surface area contributed by atoms with E-state index in [1.54, 1.807) is 18.2 Å². The van der Waals surface area contributed by atoms with Crippen molar-refractivity contribution in [2.24, 2.45) is 0 Å². The van der Waals surface area contributed by atoms with E-state index in [9.17, 15) is 9.90 Å². The van der Waals surface area contributed by atoms with Gasteiger partial charge in [-0.15, -0.1) is 0 Å². The van der Waals surface area contributed by atoms with Gasteiger partial charge in [0.05, 0.1) is 11.7 Å². The predicted molar refractivity (Wildman–Crippen MR) is 72.8 cm³/mol. The molecule has 1 atom stereocenters. The van der Waals surface area contributed by atoms with Gasteiger partial charge in [0.1, 0.15) is 0 Å². The maximum Gasteiger partial charge on any atom is 0.252 e. The molecule has 5 heteroatoms. The fourth-order valence-electron chi connectivity index (χ4n) is 1.12. The van der Waals surface area contributed by atoms with E-state index < -0.39 is 6.10 Å². The van der Waals surface area contributed by atoms with E-state index in [1.165, 1.54) is 0 Å². The van der Waals surface area contributed by atoms with Crippen LogP contribution in [-0.4, -0.2) is 23.7 Å². The molecular formula is C11H13ClINO2. The Kier molecular flexibility index (Phi) is 5.51. The Labute approximate surface area is 113 Å². The number of hydrogen-bond acceptors (Lipinski definition) is 2. The summed E-state index contributed by atoms with van der Waals surface area (Å²) < 4.78 is 0.838. The summed E-state index contributed by atoms with van der Waals surface area (Å²) in [6.07, 6.45) is 0.119. The average Bonchev–Trinajstić information content (AvgIpc) is 2.28. The maximum atomic E-state index is 11.8. The molecule has 1 aromatic rings. The molecule has 0 aliphatic rings. The summed E-state index contributed by atoms with van der Waals surface area (Å²) in [5, 5.41) is 12.5. The monoisotopic (exact) mass is 353 g/mol. The zero-order valence-corrected chi connectivity index (χ0v) is 11.7. The minimum atomic E-state index is -0.499. The van der Waals surface area contributed by atoms with E-state index in [1.807, 2.05) is 6.92 Å². The lowest BCUT2D eigenvalue weighted by Crippen LogP contribution is -2.32. The van der Waals surface area contributed by atoms with Crippen LogP contribution in [0.1, 0.15) is 23.7 Å². The van der Waals surface area contributed by atoms with Gasteiger partial charge >= 0.3 is 0 Å². The normalized spacial score (nSPS) is 12.2. The first-order valence-electron chi connectivity index (χ1n) is 4.96. The van der Waals surface area contributed by atoms with E-state index in [-0.39, 0.29) is 12.5 Å². The summed E-state index contributed by atoms with van der Waals surface area (Å²) in [6, 6.07) is 5.14. The fourth-order valence-corrected chi connectivity index (χ4v) is 1.87. The number of carbonyl (C=O) groups is 1.